The molecule has 0 spiro atoms. The first kappa shape index (κ1) is 12.6. The molecule has 7 heteroatoms. The molecule has 0 saturated heterocycles. The van der Waals surface area contributed by atoms with Crippen LogP contribution in [0.3, 0.4) is 0 Å². The highest BCUT2D eigenvalue weighted by molar-refractivity contribution is 7.91. The highest BCUT2D eigenvalue weighted by Crippen LogP contribution is 2.12. The van der Waals surface area contributed by atoms with Gasteiger partial charge in [0.15, 0.2) is 9.84 Å². The van der Waals surface area contributed by atoms with E-state index in [1.807, 2.05) is 0 Å². The Labute approximate surface area is 91.6 Å². The molecule has 0 radical (unpaired) electrons. The van der Waals surface area contributed by atoms with E-state index in [1.165, 1.54) is 0 Å². The van der Waals surface area contributed by atoms with Crippen molar-refractivity contribution in [3.8, 4) is 0 Å². The van der Waals surface area contributed by atoms with Crippen LogP contribution < -0.4 is 5.73 Å². The van der Waals surface area contributed by atoms with E-state index in [-0.39, 0.29) is 4.90 Å². The quantitative estimate of drug-likeness (QED) is 0.730. The average Bonchev–Trinajstić information content (AvgIpc) is 2.17. The van der Waals surface area contributed by atoms with Gasteiger partial charge in [-0.1, -0.05) is 0 Å². The van der Waals surface area contributed by atoms with Gasteiger partial charge in [0.1, 0.15) is 11.9 Å². The molecule has 5 nitrogen and oxygen atoms in total. The van der Waals surface area contributed by atoms with Gasteiger partial charge in [-0.05, 0) is 24.3 Å². The maximum Gasteiger partial charge on any atom is 0.321 e. The molecule has 1 aromatic rings. The van der Waals surface area contributed by atoms with Crippen molar-refractivity contribution < 1.29 is 22.7 Å². The number of nitrogens with two attached hydrogens (primary N) is 1. The fourth-order valence-corrected chi connectivity index (χ4v) is 2.40. The monoisotopic (exact) mass is 247 g/mol. The molecule has 1 rings (SSSR count). The Morgan fingerprint density at radius 2 is 1.88 bits per heavy atom. The number of aliphatic carboxylic acids is 1. The van der Waals surface area contributed by atoms with Crippen molar-refractivity contribution in [1.29, 1.82) is 0 Å². The number of carboxylic acid groups (broad SMARTS) is 1. The highest BCUT2D eigenvalue weighted by atomic mass is 32.2. The summed E-state index contributed by atoms with van der Waals surface area (Å²) in [6, 6.07) is 2.62. The smallest absolute Gasteiger partial charge is 0.321 e. The van der Waals surface area contributed by atoms with Gasteiger partial charge in [-0.25, -0.2) is 12.8 Å². The van der Waals surface area contributed by atoms with Crippen molar-refractivity contribution in [2.75, 3.05) is 5.75 Å². The van der Waals surface area contributed by atoms with Gasteiger partial charge >= 0.3 is 5.97 Å². The van der Waals surface area contributed by atoms with Crippen molar-refractivity contribution in [2.45, 2.75) is 10.9 Å². The summed E-state index contributed by atoms with van der Waals surface area (Å²) < 4.78 is 35.7. The number of carbonyl (C=O) groups is 1. The number of sulfone groups is 1. The molecule has 0 amide bonds. The van der Waals surface area contributed by atoms with Crippen LogP contribution >= 0.6 is 0 Å². The van der Waals surface area contributed by atoms with Crippen LogP contribution in [0.25, 0.3) is 0 Å². The summed E-state index contributed by atoms with van der Waals surface area (Å²) in [7, 11) is -3.79. The van der Waals surface area contributed by atoms with Crippen molar-refractivity contribution in [2.24, 2.45) is 5.73 Å². The maximum absolute atomic E-state index is 12.6. The Morgan fingerprint density at radius 1 is 1.38 bits per heavy atom. The first-order valence-corrected chi connectivity index (χ1v) is 5.95. The molecule has 0 saturated carbocycles. The average molecular weight is 247 g/mol. The summed E-state index contributed by atoms with van der Waals surface area (Å²) in [6.45, 7) is 0. The molecule has 0 aliphatic carbocycles. The summed E-state index contributed by atoms with van der Waals surface area (Å²) in [6.07, 6.45) is 0. The van der Waals surface area contributed by atoms with Crippen LogP contribution in [0.4, 0.5) is 4.39 Å². The topological polar surface area (TPSA) is 97.5 Å². The molecule has 1 aromatic carbocycles. The van der Waals surface area contributed by atoms with E-state index in [1.54, 1.807) is 0 Å². The molecule has 3 N–H and O–H groups in total. The number of halogens is 1. The lowest BCUT2D eigenvalue weighted by Crippen LogP contribution is -2.37. The zero-order valence-electron chi connectivity index (χ0n) is 8.13. The van der Waals surface area contributed by atoms with Crippen LogP contribution in [-0.4, -0.2) is 31.3 Å². The molecule has 0 fully saturated rings. The van der Waals surface area contributed by atoms with E-state index in [0.29, 0.717) is 0 Å². The third kappa shape index (κ3) is 3.01. The van der Waals surface area contributed by atoms with Crippen molar-refractivity contribution in [3.05, 3.63) is 30.1 Å². The Kier molecular flexibility index (Phi) is 3.61. The fraction of sp³-hybridized carbons (Fsp3) is 0.222. The van der Waals surface area contributed by atoms with E-state index in [9.17, 15) is 17.6 Å². The molecule has 0 bridgehead atoms. The largest absolute Gasteiger partial charge is 0.480 e. The molecular formula is C9H10FNO4S. The lowest BCUT2D eigenvalue weighted by Gasteiger charge is -2.07. The minimum atomic E-state index is -3.79. The number of rotatable bonds is 4. The third-order valence-electron chi connectivity index (χ3n) is 1.89. The molecule has 0 aliphatic rings. The van der Waals surface area contributed by atoms with Gasteiger partial charge in [0.25, 0.3) is 0 Å². The van der Waals surface area contributed by atoms with Gasteiger partial charge in [-0.2, -0.15) is 0 Å². The second-order valence-corrected chi connectivity index (χ2v) is 5.21. The van der Waals surface area contributed by atoms with Crippen molar-refractivity contribution in [3.63, 3.8) is 0 Å². The zero-order valence-corrected chi connectivity index (χ0v) is 8.95. The SMILES string of the molecule is NC(CS(=O)(=O)c1ccc(F)cc1)C(=O)O. The molecule has 0 heterocycles. The predicted octanol–water partition coefficient (Wildman–Crippen LogP) is 0.0113. The van der Waals surface area contributed by atoms with E-state index in [2.05, 4.69) is 0 Å². The molecule has 0 aliphatic heterocycles. The molecule has 88 valence electrons. The van der Waals surface area contributed by atoms with Gasteiger partial charge in [0.05, 0.1) is 10.6 Å². The Morgan fingerprint density at radius 3 is 2.31 bits per heavy atom. The molecular weight excluding hydrogens is 237 g/mol. The van der Waals surface area contributed by atoms with Gasteiger partial charge < -0.3 is 10.8 Å². The fourth-order valence-electron chi connectivity index (χ4n) is 1.05. The standard InChI is InChI=1S/C9H10FNO4S/c10-6-1-3-7(4-2-6)16(14,15)5-8(11)9(12)13/h1-4,8H,5,11H2,(H,12,13). The summed E-state index contributed by atoms with van der Waals surface area (Å²) in [5.74, 6) is -2.68. The molecule has 1 atom stereocenters. The first-order valence-electron chi connectivity index (χ1n) is 4.29. The Hall–Kier alpha value is -1.47. The number of carboxylic acids is 1. The van der Waals surface area contributed by atoms with Crippen LogP contribution in [0.2, 0.25) is 0 Å². The van der Waals surface area contributed by atoms with Gasteiger partial charge in [-0.15, -0.1) is 0 Å². The van der Waals surface area contributed by atoms with Crippen LogP contribution in [-0.2, 0) is 14.6 Å². The molecule has 16 heavy (non-hydrogen) atoms. The second kappa shape index (κ2) is 4.58. The van der Waals surface area contributed by atoms with Crippen molar-refractivity contribution >= 4 is 15.8 Å². The number of benzene rings is 1. The summed E-state index contributed by atoms with van der Waals surface area (Å²) >= 11 is 0. The predicted molar refractivity (Wildman–Crippen MR) is 54.1 cm³/mol. The van der Waals surface area contributed by atoms with Gasteiger partial charge in [0.2, 0.25) is 0 Å². The second-order valence-electron chi connectivity index (χ2n) is 3.18. The lowest BCUT2D eigenvalue weighted by molar-refractivity contribution is -0.137. The highest BCUT2D eigenvalue weighted by Gasteiger charge is 2.23. The van der Waals surface area contributed by atoms with E-state index >= 15 is 0 Å². The lowest BCUT2D eigenvalue weighted by atomic mass is 10.3. The minimum absolute atomic E-state index is 0.148. The number of hydrogen-bond donors (Lipinski definition) is 2. The normalized spacial score (nSPS) is 13.4. The number of hydrogen-bond acceptors (Lipinski definition) is 4. The molecule has 0 aromatic heterocycles. The van der Waals surface area contributed by atoms with Crippen LogP contribution in [0.15, 0.2) is 29.2 Å². The van der Waals surface area contributed by atoms with Gasteiger partial charge in [0, 0.05) is 0 Å². The Balaban J connectivity index is 2.94. The van der Waals surface area contributed by atoms with E-state index < -0.39 is 33.4 Å². The molecule has 1 unspecified atom stereocenters. The Bertz CT molecular complexity index is 483. The van der Waals surface area contributed by atoms with E-state index in [4.69, 9.17) is 10.8 Å². The first-order chi connectivity index (χ1) is 7.33. The van der Waals surface area contributed by atoms with Crippen LogP contribution in [0.5, 0.6) is 0 Å². The summed E-state index contributed by atoms with van der Waals surface area (Å²) in [5.41, 5.74) is 5.12. The maximum atomic E-state index is 12.6. The van der Waals surface area contributed by atoms with Crippen molar-refractivity contribution in [1.82, 2.24) is 0 Å². The summed E-state index contributed by atoms with van der Waals surface area (Å²) in [5, 5.41) is 8.49. The van der Waals surface area contributed by atoms with Crippen LogP contribution in [0, 0.1) is 5.82 Å². The third-order valence-corrected chi connectivity index (χ3v) is 3.68. The summed E-state index contributed by atoms with van der Waals surface area (Å²) in [4.78, 5) is 10.3. The van der Waals surface area contributed by atoms with Gasteiger partial charge in [-0.3, -0.25) is 4.79 Å². The van der Waals surface area contributed by atoms with E-state index in [0.717, 1.165) is 24.3 Å². The minimum Gasteiger partial charge on any atom is -0.480 e. The zero-order chi connectivity index (χ0) is 12.3. The van der Waals surface area contributed by atoms with Crippen LogP contribution in [0.1, 0.15) is 0 Å².